The summed E-state index contributed by atoms with van der Waals surface area (Å²) in [6.45, 7) is 0. The number of aromatic nitrogens is 1. The average molecular weight is 181 g/mol. The summed E-state index contributed by atoms with van der Waals surface area (Å²) in [5, 5.41) is 0. The van der Waals surface area contributed by atoms with Crippen LogP contribution < -0.4 is 5.56 Å². The predicted molar refractivity (Wildman–Crippen MR) is 47.4 cm³/mol. The minimum Gasteiger partial charge on any atom is -0.469 e. The zero-order chi connectivity index (χ0) is 9.84. The van der Waals surface area contributed by atoms with Crippen LogP contribution >= 0.6 is 0 Å². The molecule has 0 aliphatic rings. The normalized spacial score (nSPS) is 9.69. The minimum absolute atomic E-state index is 0.0318. The predicted octanol–water partition coefficient (Wildman–Crippen LogP) is 0.101. The Morgan fingerprint density at radius 1 is 1.62 bits per heavy atom. The second-order valence-electron chi connectivity index (χ2n) is 2.70. The number of methoxy groups -OCH3 is 1. The Labute approximate surface area is 75.8 Å². The van der Waals surface area contributed by atoms with Crippen LogP contribution in [0.4, 0.5) is 0 Å². The number of nitrogens with zero attached hydrogens (tertiary/aromatic N) is 1. The van der Waals surface area contributed by atoms with Gasteiger partial charge in [0.2, 0.25) is 0 Å². The van der Waals surface area contributed by atoms with Crippen molar-refractivity contribution in [3.05, 3.63) is 34.2 Å². The van der Waals surface area contributed by atoms with E-state index >= 15 is 0 Å². The van der Waals surface area contributed by atoms with Gasteiger partial charge in [0.1, 0.15) is 0 Å². The molecule has 1 aromatic heterocycles. The van der Waals surface area contributed by atoms with Crippen molar-refractivity contribution in [2.24, 2.45) is 7.05 Å². The third-order valence-corrected chi connectivity index (χ3v) is 1.76. The van der Waals surface area contributed by atoms with Crippen molar-refractivity contribution in [1.29, 1.82) is 0 Å². The fourth-order valence-electron chi connectivity index (χ4n) is 1.02. The lowest BCUT2D eigenvalue weighted by molar-refractivity contribution is -0.139. The van der Waals surface area contributed by atoms with E-state index < -0.39 is 5.97 Å². The average Bonchev–Trinajstić information content (AvgIpc) is 2.13. The highest BCUT2D eigenvalue weighted by molar-refractivity contribution is 5.72. The van der Waals surface area contributed by atoms with E-state index in [1.54, 1.807) is 25.4 Å². The summed E-state index contributed by atoms with van der Waals surface area (Å²) >= 11 is 0. The lowest BCUT2D eigenvalue weighted by Gasteiger charge is -2.01. The Morgan fingerprint density at radius 3 is 2.92 bits per heavy atom. The number of hydrogen-bond acceptors (Lipinski definition) is 3. The number of hydrogen-bond donors (Lipinski definition) is 0. The lowest BCUT2D eigenvalue weighted by atomic mass is 10.2. The van der Waals surface area contributed by atoms with Crippen molar-refractivity contribution < 1.29 is 9.53 Å². The summed E-state index contributed by atoms with van der Waals surface area (Å²) in [4.78, 5) is 22.2. The molecule has 1 aromatic rings. The first-order chi connectivity index (χ1) is 6.15. The van der Waals surface area contributed by atoms with Gasteiger partial charge in [0.05, 0.1) is 13.5 Å². The standard InChI is InChI=1S/C9H11NO3/c1-10-5-3-4-7(9(10)12)6-8(11)13-2/h3-5H,6H2,1-2H3. The van der Waals surface area contributed by atoms with Gasteiger partial charge in [0, 0.05) is 18.8 Å². The number of esters is 1. The van der Waals surface area contributed by atoms with Gasteiger partial charge >= 0.3 is 5.97 Å². The second kappa shape index (κ2) is 3.89. The van der Waals surface area contributed by atoms with E-state index in [1.807, 2.05) is 0 Å². The van der Waals surface area contributed by atoms with Gasteiger partial charge in [-0.25, -0.2) is 0 Å². The highest BCUT2D eigenvalue weighted by Crippen LogP contribution is 1.93. The Bertz CT molecular complexity index is 367. The fraction of sp³-hybridized carbons (Fsp3) is 0.333. The third kappa shape index (κ3) is 2.18. The van der Waals surface area contributed by atoms with Gasteiger partial charge in [0.15, 0.2) is 0 Å². The van der Waals surface area contributed by atoms with E-state index in [1.165, 1.54) is 11.7 Å². The maximum absolute atomic E-state index is 11.4. The molecule has 0 amide bonds. The van der Waals surface area contributed by atoms with Crippen LogP contribution in [0.15, 0.2) is 23.1 Å². The van der Waals surface area contributed by atoms with Crippen LogP contribution in [-0.4, -0.2) is 17.6 Å². The molecule has 0 saturated carbocycles. The first-order valence-corrected chi connectivity index (χ1v) is 3.86. The number of rotatable bonds is 2. The molecule has 0 aliphatic carbocycles. The largest absolute Gasteiger partial charge is 0.469 e. The summed E-state index contributed by atoms with van der Waals surface area (Å²) in [5.74, 6) is -0.400. The number of carbonyl (C=O) groups is 1. The van der Waals surface area contributed by atoms with Crippen LogP contribution in [0.5, 0.6) is 0 Å². The van der Waals surface area contributed by atoms with Gasteiger partial charge in [-0.05, 0) is 6.07 Å². The number of pyridine rings is 1. The molecule has 0 fully saturated rings. The molecular weight excluding hydrogens is 170 g/mol. The molecule has 0 aromatic carbocycles. The van der Waals surface area contributed by atoms with Crippen molar-refractivity contribution >= 4 is 5.97 Å². The Balaban J connectivity index is 2.96. The first kappa shape index (κ1) is 9.51. The molecule has 4 heteroatoms. The molecule has 1 rings (SSSR count). The van der Waals surface area contributed by atoms with Crippen LogP contribution in [0, 0.1) is 0 Å². The number of carbonyl (C=O) groups excluding carboxylic acids is 1. The SMILES string of the molecule is COC(=O)Cc1cccn(C)c1=O. The second-order valence-corrected chi connectivity index (χ2v) is 2.70. The van der Waals surface area contributed by atoms with Gasteiger partial charge in [-0.3, -0.25) is 9.59 Å². The van der Waals surface area contributed by atoms with Crippen LogP contribution in [0.2, 0.25) is 0 Å². The molecule has 70 valence electrons. The number of aryl methyl sites for hydroxylation is 1. The van der Waals surface area contributed by atoms with Gasteiger partial charge in [-0.2, -0.15) is 0 Å². The monoisotopic (exact) mass is 181 g/mol. The molecule has 0 aliphatic heterocycles. The van der Waals surface area contributed by atoms with E-state index in [0.29, 0.717) is 5.56 Å². The van der Waals surface area contributed by atoms with Crippen LogP contribution in [0.3, 0.4) is 0 Å². The highest BCUT2D eigenvalue weighted by atomic mass is 16.5. The molecule has 0 unspecified atom stereocenters. The molecule has 13 heavy (non-hydrogen) atoms. The van der Waals surface area contributed by atoms with Gasteiger partial charge in [0.25, 0.3) is 5.56 Å². The smallest absolute Gasteiger partial charge is 0.310 e. The van der Waals surface area contributed by atoms with Crippen molar-refractivity contribution in [3.63, 3.8) is 0 Å². The van der Waals surface area contributed by atoms with Crippen LogP contribution in [-0.2, 0) is 23.0 Å². The van der Waals surface area contributed by atoms with Crippen molar-refractivity contribution in [2.75, 3.05) is 7.11 Å². The van der Waals surface area contributed by atoms with E-state index in [-0.39, 0.29) is 12.0 Å². The third-order valence-electron chi connectivity index (χ3n) is 1.76. The molecule has 0 N–H and O–H groups in total. The highest BCUT2D eigenvalue weighted by Gasteiger charge is 2.06. The maximum atomic E-state index is 11.4. The fourth-order valence-corrected chi connectivity index (χ4v) is 1.02. The maximum Gasteiger partial charge on any atom is 0.310 e. The molecule has 0 atom stereocenters. The number of ether oxygens (including phenoxy) is 1. The Kier molecular flexibility index (Phi) is 2.84. The first-order valence-electron chi connectivity index (χ1n) is 3.86. The molecule has 0 saturated heterocycles. The quantitative estimate of drug-likeness (QED) is 0.608. The topological polar surface area (TPSA) is 48.3 Å². The molecule has 0 radical (unpaired) electrons. The van der Waals surface area contributed by atoms with E-state index in [4.69, 9.17) is 0 Å². The van der Waals surface area contributed by atoms with Crippen LogP contribution in [0.1, 0.15) is 5.56 Å². The molecule has 4 nitrogen and oxygen atoms in total. The summed E-state index contributed by atoms with van der Waals surface area (Å²) in [7, 11) is 2.94. The molecule has 0 bridgehead atoms. The van der Waals surface area contributed by atoms with E-state index in [2.05, 4.69) is 4.74 Å². The van der Waals surface area contributed by atoms with Gasteiger partial charge in [-0.15, -0.1) is 0 Å². The molecular formula is C9H11NO3. The zero-order valence-electron chi connectivity index (χ0n) is 7.61. The van der Waals surface area contributed by atoms with Crippen molar-refractivity contribution in [2.45, 2.75) is 6.42 Å². The molecule has 1 heterocycles. The zero-order valence-corrected chi connectivity index (χ0v) is 7.61. The minimum atomic E-state index is -0.400. The van der Waals surface area contributed by atoms with Gasteiger partial charge in [-0.1, -0.05) is 6.07 Å². The van der Waals surface area contributed by atoms with Gasteiger partial charge < -0.3 is 9.30 Å². The molecule has 0 spiro atoms. The van der Waals surface area contributed by atoms with E-state index in [0.717, 1.165) is 0 Å². The summed E-state index contributed by atoms with van der Waals surface area (Å²) < 4.78 is 5.89. The lowest BCUT2D eigenvalue weighted by Crippen LogP contribution is -2.22. The van der Waals surface area contributed by atoms with E-state index in [9.17, 15) is 9.59 Å². The Hall–Kier alpha value is -1.58. The van der Waals surface area contributed by atoms with Crippen molar-refractivity contribution in [1.82, 2.24) is 4.57 Å². The summed E-state index contributed by atoms with van der Waals surface area (Å²) in [5.41, 5.74) is 0.296. The van der Waals surface area contributed by atoms with Crippen molar-refractivity contribution in [3.8, 4) is 0 Å². The summed E-state index contributed by atoms with van der Waals surface area (Å²) in [6.07, 6.45) is 1.67. The Morgan fingerprint density at radius 2 is 2.31 bits per heavy atom. The van der Waals surface area contributed by atoms with Crippen LogP contribution in [0.25, 0.3) is 0 Å². The summed E-state index contributed by atoms with van der Waals surface area (Å²) in [6, 6.07) is 3.35.